The van der Waals surface area contributed by atoms with Crippen LogP contribution in [0.25, 0.3) is 0 Å². The van der Waals surface area contributed by atoms with E-state index in [0.29, 0.717) is 30.3 Å². The summed E-state index contributed by atoms with van der Waals surface area (Å²) in [6, 6.07) is 12.7. The molecule has 0 bridgehead atoms. The third-order valence-corrected chi connectivity index (χ3v) is 8.20. The zero-order valence-electron chi connectivity index (χ0n) is 17.8. The van der Waals surface area contributed by atoms with Crippen LogP contribution in [-0.4, -0.2) is 40.4 Å². The molecule has 1 aromatic heterocycles. The van der Waals surface area contributed by atoms with Gasteiger partial charge in [0.25, 0.3) is 0 Å². The second-order valence-corrected chi connectivity index (χ2v) is 12.0. The molecule has 0 N–H and O–H groups in total. The average Bonchev–Trinajstić information content (AvgIpc) is 3.14. The van der Waals surface area contributed by atoms with Gasteiger partial charge in [0, 0.05) is 8.95 Å². The molecule has 0 fully saturated rings. The van der Waals surface area contributed by atoms with E-state index in [1.165, 1.54) is 4.31 Å². The van der Waals surface area contributed by atoms with Crippen molar-refractivity contribution in [1.29, 1.82) is 0 Å². The first-order chi connectivity index (χ1) is 15.2. The van der Waals surface area contributed by atoms with E-state index in [0.717, 1.165) is 14.5 Å². The lowest BCUT2D eigenvalue weighted by Gasteiger charge is -2.28. The molecule has 10 heteroatoms. The van der Waals surface area contributed by atoms with Gasteiger partial charge in [0.15, 0.2) is 0 Å². The number of hydrogen-bond acceptors (Lipinski definition) is 5. The molecule has 1 aliphatic heterocycles. The van der Waals surface area contributed by atoms with Gasteiger partial charge >= 0.3 is 0 Å². The Bertz CT molecular complexity index is 1200. The molecule has 0 spiro atoms. The largest absolute Gasteiger partial charge is 0.490 e. The maximum absolute atomic E-state index is 13.6. The van der Waals surface area contributed by atoms with Crippen molar-refractivity contribution in [1.82, 2.24) is 19.3 Å². The summed E-state index contributed by atoms with van der Waals surface area (Å²) in [5.41, 5.74) is 1.68. The van der Waals surface area contributed by atoms with Crippen molar-refractivity contribution in [3.05, 3.63) is 68.9 Å². The van der Waals surface area contributed by atoms with E-state index in [1.807, 2.05) is 24.3 Å². The molecule has 0 amide bonds. The molecule has 2 aromatic carbocycles. The monoisotopic (exact) mass is 582 g/mol. The summed E-state index contributed by atoms with van der Waals surface area (Å²) in [5, 5.41) is 8.46. The minimum atomic E-state index is -3.78. The van der Waals surface area contributed by atoms with Crippen LogP contribution >= 0.6 is 31.9 Å². The summed E-state index contributed by atoms with van der Waals surface area (Å²) in [6.45, 7) is 5.14. The second kappa shape index (κ2) is 9.62. The lowest BCUT2D eigenvalue weighted by molar-refractivity contribution is 0.186. The van der Waals surface area contributed by atoms with Gasteiger partial charge in [-0.25, -0.2) is 13.1 Å². The smallest absolute Gasteiger partial charge is 0.247 e. The third kappa shape index (κ3) is 5.24. The molecule has 0 radical (unpaired) electrons. The first kappa shape index (κ1) is 23.4. The van der Waals surface area contributed by atoms with Gasteiger partial charge in [-0.2, -0.15) is 4.31 Å². The summed E-state index contributed by atoms with van der Waals surface area (Å²) in [4.78, 5) is 0.175. The zero-order chi connectivity index (χ0) is 22.9. The van der Waals surface area contributed by atoms with E-state index < -0.39 is 10.0 Å². The minimum Gasteiger partial charge on any atom is -0.490 e. The van der Waals surface area contributed by atoms with Crippen LogP contribution in [0.4, 0.5) is 0 Å². The van der Waals surface area contributed by atoms with Crippen LogP contribution in [0.5, 0.6) is 5.75 Å². The molecule has 32 heavy (non-hydrogen) atoms. The van der Waals surface area contributed by atoms with Gasteiger partial charge in [-0.1, -0.05) is 63.1 Å². The molecule has 0 saturated heterocycles. The normalized spacial score (nSPS) is 18.2. The van der Waals surface area contributed by atoms with Crippen LogP contribution < -0.4 is 4.74 Å². The Hall–Kier alpha value is -1.75. The molecule has 0 saturated carbocycles. The summed E-state index contributed by atoms with van der Waals surface area (Å²) < 4.78 is 38.2. The highest BCUT2D eigenvalue weighted by Crippen LogP contribution is 2.35. The lowest BCUT2D eigenvalue weighted by Crippen LogP contribution is -2.42. The minimum absolute atomic E-state index is 0.138. The summed E-state index contributed by atoms with van der Waals surface area (Å²) >= 11 is 6.83. The number of rotatable bonds is 6. The van der Waals surface area contributed by atoms with Crippen molar-refractivity contribution in [2.75, 3.05) is 6.61 Å². The summed E-state index contributed by atoms with van der Waals surface area (Å²) in [5.74, 6) is 0.678. The fourth-order valence-corrected chi connectivity index (χ4v) is 6.08. The van der Waals surface area contributed by atoms with E-state index in [9.17, 15) is 8.42 Å². The first-order valence-electron chi connectivity index (χ1n) is 10.3. The maximum atomic E-state index is 13.6. The standard InChI is InChI=1S/C22H24Br2N4O3S/c1-15(2)9-20-14-31-21-10-18(24)7-8-22(21)32(29,30)28(20)13-19-12-27(26-25-19)11-16-3-5-17(23)6-4-16/h3-8,10,12,15,20H,9,11,13-14H2,1-2H3/t20-/m1/s1. The van der Waals surface area contributed by atoms with Crippen molar-refractivity contribution in [2.45, 2.75) is 44.3 Å². The third-order valence-electron chi connectivity index (χ3n) is 5.24. The second-order valence-electron chi connectivity index (χ2n) is 8.27. The Morgan fingerprint density at radius 3 is 2.53 bits per heavy atom. The van der Waals surface area contributed by atoms with E-state index in [1.54, 1.807) is 29.1 Å². The number of fused-ring (bicyclic) bond motifs is 1. The van der Waals surface area contributed by atoms with Crippen LogP contribution in [0.2, 0.25) is 0 Å². The molecule has 4 rings (SSSR count). The number of ether oxygens (including phenoxy) is 1. The summed E-state index contributed by atoms with van der Waals surface area (Å²) in [7, 11) is -3.78. The fraction of sp³-hybridized carbons (Fsp3) is 0.364. The van der Waals surface area contributed by atoms with Crippen molar-refractivity contribution in [3.8, 4) is 5.75 Å². The van der Waals surface area contributed by atoms with Crippen molar-refractivity contribution in [3.63, 3.8) is 0 Å². The van der Waals surface area contributed by atoms with Crippen LogP contribution in [0.1, 0.15) is 31.5 Å². The maximum Gasteiger partial charge on any atom is 0.247 e. The lowest BCUT2D eigenvalue weighted by atomic mass is 10.0. The molecule has 1 aliphatic rings. The highest BCUT2D eigenvalue weighted by atomic mass is 79.9. The number of hydrogen-bond donors (Lipinski definition) is 0. The Morgan fingerprint density at radius 2 is 1.81 bits per heavy atom. The Morgan fingerprint density at radius 1 is 1.09 bits per heavy atom. The van der Waals surface area contributed by atoms with Gasteiger partial charge in [0.2, 0.25) is 10.0 Å². The van der Waals surface area contributed by atoms with Gasteiger partial charge in [-0.05, 0) is 48.2 Å². The van der Waals surface area contributed by atoms with Gasteiger partial charge in [-0.15, -0.1) is 5.10 Å². The van der Waals surface area contributed by atoms with E-state index in [-0.39, 0.29) is 24.1 Å². The highest BCUT2D eigenvalue weighted by molar-refractivity contribution is 9.10. The Kier molecular flexibility index (Phi) is 7.04. The number of aromatic nitrogens is 3. The fourth-order valence-electron chi connectivity index (χ4n) is 3.77. The molecule has 0 aliphatic carbocycles. The predicted molar refractivity (Wildman–Crippen MR) is 129 cm³/mol. The number of sulfonamides is 1. The first-order valence-corrected chi connectivity index (χ1v) is 13.3. The quantitative estimate of drug-likeness (QED) is 0.414. The van der Waals surface area contributed by atoms with Gasteiger partial charge in [0.05, 0.1) is 31.0 Å². The molecule has 170 valence electrons. The Balaban J connectivity index is 1.62. The highest BCUT2D eigenvalue weighted by Gasteiger charge is 2.38. The molecule has 0 unspecified atom stereocenters. The van der Waals surface area contributed by atoms with Gasteiger partial charge in [0.1, 0.15) is 17.3 Å². The zero-order valence-corrected chi connectivity index (χ0v) is 21.8. The van der Waals surface area contributed by atoms with Crippen molar-refractivity contribution < 1.29 is 13.2 Å². The Labute approximate surface area is 205 Å². The van der Waals surface area contributed by atoms with Crippen LogP contribution in [0.3, 0.4) is 0 Å². The predicted octanol–water partition coefficient (Wildman–Crippen LogP) is 4.85. The van der Waals surface area contributed by atoms with E-state index in [4.69, 9.17) is 4.74 Å². The molecular formula is C22H24Br2N4O3S. The topological polar surface area (TPSA) is 77.3 Å². The van der Waals surface area contributed by atoms with Crippen molar-refractivity contribution in [2.24, 2.45) is 5.92 Å². The van der Waals surface area contributed by atoms with Crippen molar-refractivity contribution >= 4 is 41.9 Å². The van der Waals surface area contributed by atoms with Gasteiger partial charge < -0.3 is 4.74 Å². The van der Waals surface area contributed by atoms with Crippen LogP contribution in [0.15, 0.2) is 62.5 Å². The number of halogens is 2. The molecular weight excluding hydrogens is 560 g/mol. The molecule has 3 aromatic rings. The van der Waals surface area contributed by atoms with E-state index in [2.05, 4.69) is 56.0 Å². The molecule has 2 heterocycles. The average molecular weight is 584 g/mol. The number of benzene rings is 2. The number of nitrogens with zero attached hydrogens (tertiary/aromatic N) is 4. The van der Waals surface area contributed by atoms with Crippen LogP contribution in [-0.2, 0) is 23.1 Å². The van der Waals surface area contributed by atoms with E-state index >= 15 is 0 Å². The molecule has 7 nitrogen and oxygen atoms in total. The van der Waals surface area contributed by atoms with Crippen LogP contribution in [0, 0.1) is 5.92 Å². The SMILES string of the molecule is CC(C)C[C@@H]1COc2cc(Br)ccc2S(=O)(=O)N1Cc1cn(Cc2ccc(Br)cc2)nn1. The molecule has 1 atom stereocenters. The van der Waals surface area contributed by atoms with Gasteiger partial charge in [-0.3, -0.25) is 0 Å². The summed E-state index contributed by atoms with van der Waals surface area (Å²) in [6.07, 6.45) is 2.49.